The number of aliphatic hydroxyl groups is 1. The second-order valence-electron chi connectivity index (χ2n) is 3.17. The van der Waals surface area contributed by atoms with Crippen LogP contribution in [0.2, 0.25) is 0 Å². The number of carbonyl (C=O) groups excluding carboxylic acids is 1. The molecule has 0 amide bonds. The van der Waals surface area contributed by atoms with Crippen molar-refractivity contribution in [2.45, 2.75) is 18.9 Å². The van der Waals surface area contributed by atoms with Crippen LogP contribution in [0.25, 0.3) is 0 Å². The number of hydrogen-bond donors (Lipinski definition) is 1. The third kappa shape index (κ3) is 1.90. The minimum Gasteiger partial charge on any atom is -0.469 e. The highest BCUT2D eigenvalue weighted by Crippen LogP contribution is 2.33. The molecule has 1 rings (SSSR count). The van der Waals surface area contributed by atoms with Gasteiger partial charge in [-0.1, -0.05) is 0 Å². The van der Waals surface area contributed by atoms with Crippen molar-refractivity contribution >= 4 is 17.6 Å². The third-order valence-electron chi connectivity index (χ3n) is 2.37. The van der Waals surface area contributed by atoms with Gasteiger partial charge in [0.25, 0.3) is 0 Å². The normalized spacial score (nSPS) is 35.1. The summed E-state index contributed by atoms with van der Waals surface area (Å²) in [6.07, 6.45) is 0.714. The largest absolute Gasteiger partial charge is 0.469 e. The van der Waals surface area contributed by atoms with Crippen LogP contribution < -0.4 is 0 Å². The molecule has 0 radical (unpaired) electrons. The number of aliphatic hydroxyl groups excluding tert-OH is 1. The molecule has 12 heavy (non-hydrogen) atoms. The number of ether oxygens (including phenoxy) is 1. The summed E-state index contributed by atoms with van der Waals surface area (Å²) in [5.74, 6) is 0.0328. The second-order valence-corrected chi connectivity index (χ2v) is 3.48. The lowest BCUT2D eigenvalue weighted by atomic mass is 9.98. The molecule has 0 spiro atoms. The first kappa shape index (κ1) is 9.81. The number of halogens is 1. The van der Waals surface area contributed by atoms with E-state index < -0.39 is 6.10 Å². The maximum Gasteiger partial charge on any atom is 0.309 e. The zero-order chi connectivity index (χ0) is 9.14. The third-order valence-corrected chi connectivity index (χ3v) is 2.77. The molecule has 4 heteroatoms. The SMILES string of the molecule is COC(=O)C1CC(O)CC1CCl. The predicted octanol–water partition coefficient (Wildman–Crippen LogP) is 0.785. The fourth-order valence-corrected chi connectivity index (χ4v) is 2.05. The first-order valence-electron chi connectivity index (χ1n) is 4.01. The highest BCUT2D eigenvalue weighted by Gasteiger charge is 2.37. The van der Waals surface area contributed by atoms with Crippen LogP contribution in [0.4, 0.5) is 0 Å². The van der Waals surface area contributed by atoms with Gasteiger partial charge in [0.1, 0.15) is 0 Å². The molecule has 1 aliphatic rings. The maximum absolute atomic E-state index is 11.1. The van der Waals surface area contributed by atoms with E-state index in [4.69, 9.17) is 11.6 Å². The monoisotopic (exact) mass is 192 g/mol. The summed E-state index contributed by atoms with van der Waals surface area (Å²) in [6, 6.07) is 0. The Morgan fingerprint density at radius 2 is 2.33 bits per heavy atom. The molecule has 0 heterocycles. The zero-order valence-electron chi connectivity index (χ0n) is 7.00. The van der Waals surface area contributed by atoms with Gasteiger partial charge < -0.3 is 9.84 Å². The molecule has 1 N–H and O–H groups in total. The fraction of sp³-hybridized carbons (Fsp3) is 0.875. The predicted molar refractivity (Wildman–Crippen MR) is 45.0 cm³/mol. The average Bonchev–Trinajstić information content (AvgIpc) is 2.45. The Hall–Kier alpha value is -0.280. The van der Waals surface area contributed by atoms with E-state index >= 15 is 0 Å². The van der Waals surface area contributed by atoms with E-state index in [1.54, 1.807) is 0 Å². The van der Waals surface area contributed by atoms with E-state index in [1.807, 2.05) is 0 Å². The number of rotatable bonds is 2. The van der Waals surface area contributed by atoms with Gasteiger partial charge in [0, 0.05) is 5.88 Å². The van der Waals surface area contributed by atoms with Gasteiger partial charge in [-0.2, -0.15) is 0 Å². The fourth-order valence-electron chi connectivity index (χ4n) is 1.71. The Morgan fingerprint density at radius 3 is 2.83 bits per heavy atom. The molecule has 3 atom stereocenters. The van der Waals surface area contributed by atoms with Gasteiger partial charge in [0.15, 0.2) is 0 Å². The summed E-state index contributed by atoms with van der Waals surface area (Å²) in [7, 11) is 1.36. The minimum atomic E-state index is -0.391. The van der Waals surface area contributed by atoms with Gasteiger partial charge in [0.2, 0.25) is 0 Å². The van der Waals surface area contributed by atoms with E-state index in [0.717, 1.165) is 0 Å². The van der Waals surface area contributed by atoms with Crippen LogP contribution in [0.15, 0.2) is 0 Å². The Bertz CT molecular complexity index is 172. The first-order chi connectivity index (χ1) is 5.69. The topological polar surface area (TPSA) is 46.5 Å². The highest BCUT2D eigenvalue weighted by atomic mass is 35.5. The van der Waals surface area contributed by atoms with Crippen molar-refractivity contribution in [3.05, 3.63) is 0 Å². The number of methoxy groups -OCH3 is 1. The van der Waals surface area contributed by atoms with Crippen molar-refractivity contribution in [1.29, 1.82) is 0 Å². The van der Waals surface area contributed by atoms with Crippen LogP contribution in [0, 0.1) is 11.8 Å². The number of esters is 1. The van der Waals surface area contributed by atoms with Crippen LogP contribution in [0.1, 0.15) is 12.8 Å². The van der Waals surface area contributed by atoms with Crippen LogP contribution in [0.5, 0.6) is 0 Å². The number of alkyl halides is 1. The Kier molecular flexibility index (Phi) is 3.35. The summed E-state index contributed by atoms with van der Waals surface area (Å²) in [5.41, 5.74) is 0. The lowest BCUT2D eigenvalue weighted by Gasteiger charge is -2.12. The van der Waals surface area contributed by atoms with Crippen molar-refractivity contribution in [2.24, 2.45) is 11.8 Å². The van der Waals surface area contributed by atoms with Crippen LogP contribution in [0.3, 0.4) is 0 Å². The van der Waals surface area contributed by atoms with Gasteiger partial charge in [-0.3, -0.25) is 4.79 Å². The molecule has 1 fully saturated rings. The first-order valence-corrected chi connectivity index (χ1v) is 4.54. The molecule has 1 aliphatic carbocycles. The summed E-state index contributed by atoms with van der Waals surface area (Å²) >= 11 is 5.65. The Morgan fingerprint density at radius 1 is 1.67 bits per heavy atom. The number of carbonyl (C=O) groups is 1. The van der Waals surface area contributed by atoms with E-state index in [2.05, 4.69) is 4.74 Å². The van der Waals surface area contributed by atoms with Crippen molar-refractivity contribution in [3.8, 4) is 0 Å². The maximum atomic E-state index is 11.1. The molecule has 3 unspecified atom stereocenters. The van der Waals surface area contributed by atoms with Crippen LogP contribution in [-0.2, 0) is 9.53 Å². The van der Waals surface area contributed by atoms with Crippen LogP contribution >= 0.6 is 11.6 Å². The summed E-state index contributed by atoms with van der Waals surface area (Å²) in [6.45, 7) is 0. The van der Waals surface area contributed by atoms with E-state index in [0.29, 0.717) is 18.7 Å². The lowest BCUT2D eigenvalue weighted by molar-refractivity contribution is -0.146. The quantitative estimate of drug-likeness (QED) is 0.520. The number of hydrogen-bond acceptors (Lipinski definition) is 3. The molecule has 0 bridgehead atoms. The molecule has 0 saturated heterocycles. The lowest BCUT2D eigenvalue weighted by Crippen LogP contribution is -2.21. The zero-order valence-corrected chi connectivity index (χ0v) is 7.75. The van der Waals surface area contributed by atoms with Crippen molar-refractivity contribution in [1.82, 2.24) is 0 Å². The Labute approximate surface area is 76.7 Å². The molecular formula is C8H13ClO3. The van der Waals surface area contributed by atoms with Gasteiger partial charge >= 0.3 is 5.97 Å². The van der Waals surface area contributed by atoms with Gasteiger partial charge in [-0.05, 0) is 18.8 Å². The van der Waals surface area contributed by atoms with Crippen molar-refractivity contribution in [3.63, 3.8) is 0 Å². The highest BCUT2D eigenvalue weighted by molar-refractivity contribution is 6.18. The Balaban J connectivity index is 2.57. The smallest absolute Gasteiger partial charge is 0.309 e. The summed E-state index contributed by atoms with van der Waals surface area (Å²) < 4.78 is 4.61. The molecule has 0 aromatic rings. The molecule has 3 nitrogen and oxygen atoms in total. The van der Waals surface area contributed by atoms with Gasteiger partial charge in [0.05, 0.1) is 19.1 Å². The molecule has 0 aromatic carbocycles. The molecule has 1 saturated carbocycles. The second kappa shape index (κ2) is 4.10. The molecule has 70 valence electrons. The van der Waals surface area contributed by atoms with Crippen LogP contribution in [-0.4, -0.2) is 30.2 Å². The van der Waals surface area contributed by atoms with E-state index in [-0.39, 0.29) is 17.8 Å². The molecule has 0 aromatic heterocycles. The molecular weight excluding hydrogens is 180 g/mol. The standard InChI is InChI=1S/C8H13ClO3/c1-12-8(11)7-3-6(10)2-5(7)4-9/h5-7,10H,2-4H2,1H3. The summed E-state index contributed by atoms with van der Waals surface area (Å²) in [5, 5.41) is 9.28. The molecule has 0 aliphatic heterocycles. The van der Waals surface area contributed by atoms with E-state index in [9.17, 15) is 9.90 Å². The van der Waals surface area contributed by atoms with E-state index in [1.165, 1.54) is 7.11 Å². The van der Waals surface area contributed by atoms with Gasteiger partial charge in [-0.15, -0.1) is 11.6 Å². The summed E-state index contributed by atoms with van der Waals surface area (Å²) in [4.78, 5) is 11.1. The van der Waals surface area contributed by atoms with Gasteiger partial charge in [-0.25, -0.2) is 0 Å². The van der Waals surface area contributed by atoms with Crippen molar-refractivity contribution in [2.75, 3.05) is 13.0 Å². The van der Waals surface area contributed by atoms with Crippen molar-refractivity contribution < 1.29 is 14.6 Å². The average molecular weight is 193 g/mol. The minimum absolute atomic E-state index is 0.0779.